The van der Waals surface area contributed by atoms with Gasteiger partial charge in [-0.3, -0.25) is 0 Å². The van der Waals surface area contributed by atoms with Crippen LogP contribution >= 0.6 is 11.8 Å². The quantitative estimate of drug-likeness (QED) is 0.627. The molecule has 20 heavy (non-hydrogen) atoms. The predicted molar refractivity (Wildman–Crippen MR) is 82.0 cm³/mol. The van der Waals surface area contributed by atoms with Gasteiger partial charge in [0.15, 0.2) is 0 Å². The Morgan fingerprint density at radius 1 is 1.30 bits per heavy atom. The van der Waals surface area contributed by atoms with Gasteiger partial charge in [0.25, 0.3) is 0 Å². The first kappa shape index (κ1) is 14.8. The fraction of sp³-hybridized carbons (Fsp3) is 0.333. The predicted octanol–water partition coefficient (Wildman–Crippen LogP) is 2.89. The summed E-state index contributed by atoms with van der Waals surface area (Å²) in [6, 6.07) is 8.23. The summed E-state index contributed by atoms with van der Waals surface area (Å²) < 4.78 is 5.43. The van der Waals surface area contributed by atoms with Gasteiger partial charge < -0.3 is 10.1 Å². The molecule has 106 valence electrons. The molecule has 0 aliphatic heterocycles. The third-order valence-electron chi connectivity index (χ3n) is 2.85. The first-order valence-corrected chi connectivity index (χ1v) is 7.57. The lowest BCUT2D eigenvalue weighted by Crippen LogP contribution is -2.11. The molecule has 2 aromatic rings. The Balaban J connectivity index is 2.07. The van der Waals surface area contributed by atoms with E-state index < -0.39 is 0 Å². The van der Waals surface area contributed by atoms with E-state index >= 15 is 0 Å². The minimum atomic E-state index is 0.833. The van der Waals surface area contributed by atoms with E-state index in [0.717, 1.165) is 29.6 Å². The molecule has 0 unspecified atom stereocenters. The van der Waals surface area contributed by atoms with Crippen molar-refractivity contribution < 1.29 is 4.74 Å². The molecule has 0 amide bonds. The van der Waals surface area contributed by atoms with Crippen LogP contribution in [-0.2, 0) is 12.3 Å². The smallest absolute Gasteiger partial charge is 0.122 e. The molecule has 0 atom stereocenters. The molecular formula is C15H19N3OS. The lowest BCUT2D eigenvalue weighted by atomic mass is 10.1. The molecule has 0 aliphatic carbocycles. The number of nitrogens with zero attached hydrogens (tertiary/aromatic N) is 2. The summed E-state index contributed by atoms with van der Waals surface area (Å²) in [6.45, 7) is 3.96. The van der Waals surface area contributed by atoms with Crippen molar-refractivity contribution in [2.45, 2.75) is 24.2 Å². The minimum Gasteiger partial charge on any atom is -0.496 e. The summed E-state index contributed by atoms with van der Waals surface area (Å²) in [7, 11) is 1.71. The number of ether oxygens (including phenoxy) is 1. The van der Waals surface area contributed by atoms with Gasteiger partial charge in [-0.15, -0.1) is 11.8 Å². The van der Waals surface area contributed by atoms with Crippen LogP contribution in [0.25, 0.3) is 0 Å². The van der Waals surface area contributed by atoms with E-state index in [4.69, 9.17) is 4.74 Å². The molecule has 0 fully saturated rings. The molecule has 1 aromatic carbocycles. The highest BCUT2D eigenvalue weighted by molar-refractivity contribution is 7.98. The second kappa shape index (κ2) is 7.87. The Labute approximate surface area is 124 Å². The molecule has 0 saturated heterocycles. The minimum absolute atomic E-state index is 0.833. The van der Waals surface area contributed by atoms with Crippen molar-refractivity contribution in [3.8, 4) is 5.75 Å². The molecule has 0 radical (unpaired) electrons. The van der Waals surface area contributed by atoms with Crippen molar-refractivity contribution in [1.82, 2.24) is 15.3 Å². The van der Waals surface area contributed by atoms with Gasteiger partial charge in [0.1, 0.15) is 12.1 Å². The number of benzene rings is 1. The molecule has 1 heterocycles. The summed E-state index contributed by atoms with van der Waals surface area (Å²) in [5, 5.41) is 4.31. The van der Waals surface area contributed by atoms with E-state index in [1.54, 1.807) is 31.4 Å². The standard InChI is InChI=1S/C15H19N3OS/c1-3-16-9-12-4-5-14(19-2)13(8-12)10-20-15-6-7-17-11-18-15/h4-8,11,16H,3,9-10H2,1-2H3. The van der Waals surface area contributed by atoms with Crippen LogP contribution in [0.15, 0.2) is 41.8 Å². The average molecular weight is 289 g/mol. The summed E-state index contributed by atoms with van der Waals surface area (Å²) in [5.41, 5.74) is 2.46. The highest BCUT2D eigenvalue weighted by Gasteiger charge is 2.06. The third-order valence-corrected chi connectivity index (χ3v) is 3.85. The second-order valence-corrected chi connectivity index (χ2v) is 5.26. The summed E-state index contributed by atoms with van der Waals surface area (Å²) in [4.78, 5) is 8.14. The lowest BCUT2D eigenvalue weighted by Gasteiger charge is -2.11. The van der Waals surface area contributed by atoms with E-state index in [9.17, 15) is 0 Å². The van der Waals surface area contributed by atoms with E-state index in [-0.39, 0.29) is 0 Å². The van der Waals surface area contributed by atoms with E-state index in [0.29, 0.717) is 0 Å². The third kappa shape index (κ3) is 4.21. The fourth-order valence-corrected chi connectivity index (χ4v) is 2.65. The van der Waals surface area contributed by atoms with Gasteiger partial charge in [0.05, 0.1) is 12.1 Å². The molecule has 0 aliphatic rings. The molecular weight excluding hydrogens is 270 g/mol. The van der Waals surface area contributed by atoms with E-state index in [1.807, 2.05) is 12.1 Å². The number of hydrogen-bond acceptors (Lipinski definition) is 5. The number of methoxy groups -OCH3 is 1. The average Bonchev–Trinajstić information content (AvgIpc) is 2.52. The number of rotatable bonds is 7. The van der Waals surface area contributed by atoms with Crippen molar-refractivity contribution in [3.05, 3.63) is 47.9 Å². The van der Waals surface area contributed by atoms with Crippen molar-refractivity contribution in [3.63, 3.8) is 0 Å². The Kier molecular flexibility index (Phi) is 5.83. The van der Waals surface area contributed by atoms with Crippen LogP contribution in [-0.4, -0.2) is 23.6 Å². The highest BCUT2D eigenvalue weighted by Crippen LogP contribution is 2.27. The zero-order chi connectivity index (χ0) is 14.2. The van der Waals surface area contributed by atoms with E-state index in [2.05, 4.69) is 34.3 Å². The highest BCUT2D eigenvalue weighted by atomic mass is 32.2. The SMILES string of the molecule is CCNCc1ccc(OC)c(CSc2ccncn2)c1. The molecule has 0 spiro atoms. The van der Waals surface area contributed by atoms with Crippen molar-refractivity contribution in [2.75, 3.05) is 13.7 Å². The van der Waals surface area contributed by atoms with Gasteiger partial charge in [-0.25, -0.2) is 9.97 Å². The van der Waals surface area contributed by atoms with Crippen LogP contribution in [0.5, 0.6) is 5.75 Å². The van der Waals surface area contributed by atoms with Crippen LogP contribution in [0.4, 0.5) is 0 Å². The first-order chi connectivity index (χ1) is 9.83. The zero-order valence-corrected chi connectivity index (χ0v) is 12.6. The first-order valence-electron chi connectivity index (χ1n) is 6.58. The van der Waals surface area contributed by atoms with Crippen molar-refractivity contribution >= 4 is 11.8 Å². The Morgan fingerprint density at radius 3 is 2.90 bits per heavy atom. The van der Waals surface area contributed by atoms with Gasteiger partial charge in [-0.05, 0) is 30.3 Å². The summed E-state index contributed by atoms with van der Waals surface area (Å²) >= 11 is 1.68. The lowest BCUT2D eigenvalue weighted by molar-refractivity contribution is 0.411. The Morgan fingerprint density at radius 2 is 2.20 bits per heavy atom. The maximum absolute atomic E-state index is 5.43. The number of aromatic nitrogens is 2. The van der Waals surface area contributed by atoms with Gasteiger partial charge in [0.2, 0.25) is 0 Å². The van der Waals surface area contributed by atoms with Crippen LogP contribution in [0, 0.1) is 0 Å². The molecule has 1 aromatic heterocycles. The Hall–Kier alpha value is -1.59. The Bertz CT molecular complexity index is 534. The monoisotopic (exact) mass is 289 g/mol. The van der Waals surface area contributed by atoms with Crippen LogP contribution in [0.1, 0.15) is 18.1 Å². The summed E-state index contributed by atoms with van der Waals surface area (Å²) in [5.74, 6) is 1.76. The maximum atomic E-state index is 5.43. The molecule has 0 saturated carbocycles. The van der Waals surface area contributed by atoms with Crippen LogP contribution in [0.2, 0.25) is 0 Å². The van der Waals surface area contributed by atoms with Gasteiger partial charge in [-0.1, -0.05) is 13.0 Å². The van der Waals surface area contributed by atoms with Crippen molar-refractivity contribution in [1.29, 1.82) is 0 Å². The van der Waals surface area contributed by atoms with Gasteiger partial charge >= 0.3 is 0 Å². The number of thioether (sulfide) groups is 1. The zero-order valence-electron chi connectivity index (χ0n) is 11.8. The number of nitrogens with one attached hydrogen (secondary N) is 1. The van der Waals surface area contributed by atoms with Crippen LogP contribution < -0.4 is 10.1 Å². The molecule has 2 rings (SSSR count). The van der Waals surface area contributed by atoms with Gasteiger partial charge in [-0.2, -0.15) is 0 Å². The summed E-state index contributed by atoms with van der Waals surface area (Å²) in [6.07, 6.45) is 3.33. The van der Waals surface area contributed by atoms with Crippen LogP contribution in [0.3, 0.4) is 0 Å². The van der Waals surface area contributed by atoms with Crippen molar-refractivity contribution in [2.24, 2.45) is 0 Å². The molecule has 0 bridgehead atoms. The molecule has 1 N–H and O–H groups in total. The molecule has 4 nitrogen and oxygen atoms in total. The molecule has 5 heteroatoms. The number of hydrogen-bond donors (Lipinski definition) is 1. The topological polar surface area (TPSA) is 47.0 Å². The normalized spacial score (nSPS) is 10.5. The fourth-order valence-electron chi connectivity index (χ4n) is 1.84. The largest absolute Gasteiger partial charge is 0.496 e. The maximum Gasteiger partial charge on any atom is 0.122 e. The van der Waals surface area contributed by atoms with E-state index in [1.165, 1.54) is 11.1 Å². The van der Waals surface area contributed by atoms with Gasteiger partial charge in [0, 0.05) is 24.1 Å². The second-order valence-electron chi connectivity index (χ2n) is 4.26.